The Morgan fingerprint density at radius 3 is 2.07 bits per heavy atom. The monoisotopic (exact) mass is 626 g/mol. The van der Waals surface area contributed by atoms with E-state index in [2.05, 4.69) is 47.6 Å². The van der Waals surface area contributed by atoms with Gasteiger partial charge in [0.15, 0.2) is 0 Å². The summed E-state index contributed by atoms with van der Waals surface area (Å²) < 4.78 is 6.12. The maximum absolute atomic E-state index is 12.8. The van der Waals surface area contributed by atoms with Gasteiger partial charge < -0.3 is 4.74 Å². The van der Waals surface area contributed by atoms with Gasteiger partial charge in [0.2, 0.25) is 0 Å². The van der Waals surface area contributed by atoms with Crippen molar-refractivity contribution in [3.63, 3.8) is 0 Å². The van der Waals surface area contributed by atoms with Gasteiger partial charge in [0, 0.05) is 12.8 Å². The van der Waals surface area contributed by atoms with Crippen LogP contribution >= 0.6 is 0 Å². The van der Waals surface area contributed by atoms with Crippen LogP contribution in [0.4, 0.5) is 0 Å². The fourth-order valence-corrected chi connectivity index (χ4v) is 11.3. The minimum Gasteiger partial charge on any atom is -0.462 e. The molecule has 3 fully saturated rings. The molecule has 0 spiro atoms. The van der Waals surface area contributed by atoms with Crippen LogP contribution in [0.15, 0.2) is 11.6 Å². The first-order chi connectivity index (χ1) is 21.7. The van der Waals surface area contributed by atoms with E-state index in [1.165, 1.54) is 135 Å². The number of esters is 1. The average Bonchev–Trinajstić information content (AvgIpc) is 3.37. The maximum Gasteiger partial charge on any atom is 0.306 e. The van der Waals surface area contributed by atoms with Gasteiger partial charge in [-0.15, -0.1) is 0 Å². The third-order valence-electron chi connectivity index (χ3n) is 14.0. The summed E-state index contributed by atoms with van der Waals surface area (Å²) in [5.74, 6) is 5.34. The Hall–Kier alpha value is -0.790. The molecular formula is C43H76O2. The zero-order chi connectivity index (χ0) is 32.3. The highest BCUT2D eigenvalue weighted by Gasteiger charge is 2.59. The molecule has 8 atom stereocenters. The van der Waals surface area contributed by atoms with Crippen LogP contribution in [0.2, 0.25) is 0 Å². The predicted octanol–water partition coefficient (Wildman–Crippen LogP) is 13.4. The van der Waals surface area contributed by atoms with Gasteiger partial charge in [-0.05, 0) is 97.7 Å². The van der Waals surface area contributed by atoms with E-state index in [0.717, 1.165) is 54.8 Å². The van der Waals surface area contributed by atoms with Gasteiger partial charge in [0.05, 0.1) is 0 Å². The Balaban J connectivity index is 1.14. The molecule has 0 radical (unpaired) electrons. The maximum atomic E-state index is 12.8. The number of carbonyl (C=O) groups excluding carboxylic acids is 1. The van der Waals surface area contributed by atoms with Crippen LogP contribution in [0.3, 0.4) is 0 Å². The summed E-state index contributed by atoms with van der Waals surface area (Å²) in [6.45, 7) is 14.9. The average molecular weight is 626 g/mol. The second-order valence-corrected chi connectivity index (χ2v) is 17.6. The smallest absolute Gasteiger partial charge is 0.306 e. The predicted molar refractivity (Wildman–Crippen MR) is 193 cm³/mol. The molecule has 4 rings (SSSR count). The van der Waals surface area contributed by atoms with Crippen molar-refractivity contribution >= 4 is 5.97 Å². The van der Waals surface area contributed by atoms with Crippen molar-refractivity contribution in [2.75, 3.05) is 0 Å². The lowest BCUT2D eigenvalue weighted by molar-refractivity contribution is -0.151. The number of ether oxygens (including phenoxy) is 1. The van der Waals surface area contributed by atoms with Crippen molar-refractivity contribution < 1.29 is 9.53 Å². The lowest BCUT2D eigenvalue weighted by atomic mass is 9.47. The highest BCUT2D eigenvalue weighted by Crippen LogP contribution is 2.67. The topological polar surface area (TPSA) is 26.3 Å². The molecular weight excluding hydrogens is 549 g/mol. The lowest BCUT2D eigenvalue weighted by Crippen LogP contribution is -2.51. The van der Waals surface area contributed by atoms with Crippen LogP contribution in [0.5, 0.6) is 0 Å². The lowest BCUT2D eigenvalue weighted by Gasteiger charge is -2.58. The van der Waals surface area contributed by atoms with Gasteiger partial charge in [0.25, 0.3) is 0 Å². The second kappa shape index (κ2) is 18.1. The summed E-state index contributed by atoms with van der Waals surface area (Å²) in [6, 6.07) is 0. The van der Waals surface area contributed by atoms with Crippen molar-refractivity contribution in [2.24, 2.45) is 46.3 Å². The Kier molecular flexibility index (Phi) is 14.9. The van der Waals surface area contributed by atoms with Crippen LogP contribution in [0.1, 0.15) is 202 Å². The molecule has 0 aromatic carbocycles. The largest absolute Gasteiger partial charge is 0.462 e. The normalized spacial score (nSPS) is 33.3. The molecule has 0 aliphatic heterocycles. The van der Waals surface area contributed by atoms with Crippen molar-refractivity contribution in [1.82, 2.24) is 0 Å². The SMILES string of the molecule is CCCCCCCCCCCCCCCC(=O)O[C@H]1CC[C@@]2(C)C(=CC[C@H]3[C@@H]4CC[C@H]([C@H]([13CH3])CCCC(C)C)[C@@]4(C)CC[C@@H]32)C1. The van der Waals surface area contributed by atoms with Gasteiger partial charge in [-0.2, -0.15) is 0 Å². The molecule has 2 heteroatoms. The molecule has 0 aromatic rings. The molecule has 260 valence electrons. The summed E-state index contributed by atoms with van der Waals surface area (Å²) in [5.41, 5.74) is 2.54. The quantitative estimate of drug-likeness (QED) is 0.0582. The fraction of sp³-hybridized carbons (Fsp3) is 0.930. The Labute approximate surface area is 281 Å². The number of unbranched alkanes of at least 4 members (excludes halogenated alkanes) is 12. The minimum absolute atomic E-state index is 0.0638. The number of hydrogen-bond acceptors (Lipinski definition) is 2. The molecule has 4 aliphatic carbocycles. The molecule has 0 unspecified atom stereocenters. The van der Waals surface area contributed by atoms with Crippen molar-refractivity contribution in [3.8, 4) is 0 Å². The van der Waals surface area contributed by atoms with Crippen molar-refractivity contribution in [1.29, 1.82) is 0 Å². The molecule has 4 aliphatic rings. The molecule has 0 amide bonds. The number of fused-ring (bicyclic) bond motifs is 5. The number of allylic oxidation sites excluding steroid dienone is 1. The Bertz CT molecular complexity index is 904. The number of rotatable bonds is 20. The summed E-state index contributed by atoms with van der Waals surface area (Å²) in [4.78, 5) is 12.8. The summed E-state index contributed by atoms with van der Waals surface area (Å²) in [6.07, 6.45) is 35.4. The van der Waals surface area contributed by atoms with Gasteiger partial charge in [0.1, 0.15) is 6.10 Å². The van der Waals surface area contributed by atoms with Gasteiger partial charge in [-0.1, -0.05) is 150 Å². The summed E-state index contributed by atoms with van der Waals surface area (Å²) >= 11 is 0. The van der Waals surface area contributed by atoms with Gasteiger partial charge >= 0.3 is 5.97 Å². The third kappa shape index (κ3) is 9.87. The summed E-state index contributed by atoms with van der Waals surface area (Å²) in [5, 5.41) is 0. The Morgan fingerprint density at radius 1 is 0.778 bits per heavy atom. The molecule has 0 bridgehead atoms. The van der Waals surface area contributed by atoms with E-state index in [9.17, 15) is 4.79 Å². The van der Waals surface area contributed by atoms with Crippen LogP contribution < -0.4 is 0 Å². The highest BCUT2D eigenvalue weighted by molar-refractivity contribution is 5.69. The second-order valence-electron chi connectivity index (χ2n) is 17.6. The molecule has 0 aromatic heterocycles. The zero-order valence-electron chi connectivity index (χ0n) is 31.1. The summed E-state index contributed by atoms with van der Waals surface area (Å²) in [7, 11) is 0. The van der Waals surface area contributed by atoms with Crippen LogP contribution in [-0.4, -0.2) is 12.1 Å². The highest BCUT2D eigenvalue weighted by atomic mass is 16.5. The van der Waals surface area contributed by atoms with Gasteiger partial charge in [-0.3, -0.25) is 4.79 Å². The fourth-order valence-electron chi connectivity index (χ4n) is 11.3. The van der Waals surface area contributed by atoms with E-state index in [0.29, 0.717) is 17.3 Å². The van der Waals surface area contributed by atoms with E-state index in [1.54, 1.807) is 5.57 Å². The van der Waals surface area contributed by atoms with Crippen molar-refractivity contribution in [3.05, 3.63) is 11.6 Å². The van der Waals surface area contributed by atoms with E-state index >= 15 is 0 Å². The van der Waals surface area contributed by atoms with Crippen LogP contribution in [0.25, 0.3) is 0 Å². The first kappa shape index (κ1) is 37.0. The molecule has 3 saturated carbocycles. The molecule has 45 heavy (non-hydrogen) atoms. The van der Waals surface area contributed by atoms with E-state index in [1.807, 2.05) is 0 Å². The van der Waals surface area contributed by atoms with E-state index in [4.69, 9.17) is 4.74 Å². The van der Waals surface area contributed by atoms with E-state index in [-0.39, 0.29) is 12.1 Å². The molecule has 0 N–H and O–H groups in total. The zero-order valence-corrected chi connectivity index (χ0v) is 31.1. The van der Waals surface area contributed by atoms with E-state index < -0.39 is 0 Å². The number of carbonyl (C=O) groups is 1. The molecule has 0 saturated heterocycles. The van der Waals surface area contributed by atoms with Gasteiger partial charge in [-0.25, -0.2) is 0 Å². The number of hydrogen-bond donors (Lipinski definition) is 0. The first-order valence-corrected chi connectivity index (χ1v) is 20.6. The third-order valence-corrected chi connectivity index (χ3v) is 14.0. The van der Waals surface area contributed by atoms with Crippen LogP contribution in [-0.2, 0) is 9.53 Å². The van der Waals surface area contributed by atoms with Crippen molar-refractivity contribution in [2.45, 2.75) is 208 Å². The molecule has 2 nitrogen and oxygen atoms in total. The van der Waals surface area contributed by atoms with Crippen LogP contribution in [0, 0.1) is 46.3 Å². The Morgan fingerprint density at radius 2 is 1.42 bits per heavy atom. The standard InChI is InChI=1S/C43H76O2/c1-7-8-9-10-11-12-13-14-15-16-17-18-19-23-41(44)45-36-28-30-42(5)35(32-36)24-25-37-39-27-26-38(34(4)22-20-21-33(2)3)43(39,6)31-29-40(37)42/h24,33-34,36-40H,7-23,25-32H2,1-6H3/t34-,36+,37+,38-,39+,40+,42+,43-/m1/s1/i4+1. The molecule has 0 heterocycles. The minimum atomic E-state index is 0.0638. The first-order valence-electron chi connectivity index (χ1n) is 20.6.